The highest BCUT2D eigenvalue weighted by Crippen LogP contribution is 2.46. The highest BCUT2D eigenvalue weighted by atomic mass is 19.4. The summed E-state index contributed by atoms with van der Waals surface area (Å²) in [6.45, 7) is 5.53. The van der Waals surface area contributed by atoms with E-state index in [9.17, 15) is 23.1 Å². The number of aliphatic carboxylic acids is 1. The molecule has 0 unspecified atom stereocenters. The van der Waals surface area contributed by atoms with Crippen LogP contribution in [0.3, 0.4) is 0 Å². The molecule has 10 nitrogen and oxygen atoms in total. The fourth-order valence-corrected chi connectivity index (χ4v) is 6.77. The summed E-state index contributed by atoms with van der Waals surface area (Å²) < 4.78 is 76.6. The Morgan fingerprint density at radius 1 is 1.19 bits per heavy atom. The van der Waals surface area contributed by atoms with Crippen LogP contribution in [0.4, 0.5) is 23.4 Å². The predicted octanol–water partition coefficient (Wildman–Crippen LogP) is 5.18. The number of pyridine rings is 1. The summed E-state index contributed by atoms with van der Waals surface area (Å²) in [5.74, 6) is 2.23. The molecule has 3 aromatic heterocycles. The summed E-state index contributed by atoms with van der Waals surface area (Å²) in [7, 11) is 0. The van der Waals surface area contributed by atoms with Gasteiger partial charge < -0.3 is 23.9 Å². The number of alkyl halides is 4. The van der Waals surface area contributed by atoms with Crippen LogP contribution < -0.4 is 9.64 Å². The Kier molecular flexibility index (Phi) is 7.71. The molecule has 4 atom stereocenters. The van der Waals surface area contributed by atoms with Gasteiger partial charge in [-0.3, -0.25) is 4.90 Å². The van der Waals surface area contributed by atoms with Gasteiger partial charge in [-0.2, -0.15) is 13.2 Å². The molecule has 0 amide bonds. The number of piperidine rings is 1. The zero-order valence-corrected chi connectivity index (χ0v) is 25.6. The minimum atomic E-state index is -4.91. The summed E-state index contributed by atoms with van der Waals surface area (Å²) in [6.07, 6.45) is -4.30. The minimum Gasteiger partial charge on any atom is -0.480 e. The van der Waals surface area contributed by atoms with Gasteiger partial charge in [0.15, 0.2) is 11.4 Å². The van der Waals surface area contributed by atoms with Crippen LogP contribution in [-0.2, 0) is 21.4 Å². The zero-order valence-electron chi connectivity index (χ0n) is 25.6. The van der Waals surface area contributed by atoms with Crippen LogP contribution in [0.2, 0.25) is 0 Å². The first-order valence-corrected chi connectivity index (χ1v) is 15.3. The van der Waals surface area contributed by atoms with Crippen molar-refractivity contribution in [2.24, 2.45) is 5.92 Å². The standard InChI is InChI=1S/C33H31F4N5O5/c1-3-6-19-11-23(32(34)9-10-41(14-18(32)2)20-16-45-17-20)29(38-13-19)46-21-12-24(30(43)44)42(15-21)28-27-26(39-31(40-28)33(35,36)37)22-7-4-5-8-25(22)47-27/h4-5,7-8,11,13,18,20-21,24H,9-10,12,14-17H2,1-2H3,(H,43,44)/t18-,21-,24-,32+/m0/s1. The van der Waals surface area contributed by atoms with Crippen molar-refractivity contribution in [3.8, 4) is 17.7 Å². The number of carboxylic acid groups (broad SMARTS) is 1. The molecular formula is C33H31F4N5O5. The lowest BCUT2D eigenvalue weighted by atomic mass is 9.78. The normalized spacial score (nSPS) is 25.5. The van der Waals surface area contributed by atoms with Crippen LogP contribution >= 0.6 is 0 Å². The monoisotopic (exact) mass is 653 g/mol. The third-order valence-corrected chi connectivity index (χ3v) is 9.31. The molecule has 3 fully saturated rings. The molecule has 6 heterocycles. The van der Waals surface area contributed by atoms with E-state index < -0.39 is 41.7 Å². The maximum atomic E-state index is 17.1. The minimum absolute atomic E-state index is 0.00929. The maximum absolute atomic E-state index is 17.1. The lowest BCUT2D eigenvalue weighted by Gasteiger charge is -2.47. The van der Waals surface area contributed by atoms with Crippen molar-refractivity contribution in [2.75, 3.05) is 37.7 Å². The van der Waals surface area contributed by atoms with Gasteiger partial charge in [0.2, 0.25) is 11.7 Å². The highest BCUT2D eigenvalue weighted by molar-refractivity contribution is 6.06. The largest absolute Gasteiger partial charge is 0.480 e. The Labute approximate surface area is 266 Å². The third-order valence-electron chi connectivity index (χ3n) is 9.31. The number of likely N-dealkylation sites (tertiary alicyclic amines) is 1. The van der Waals surface area contributed by atoms with Gasteiger partial charge in [0, 0.05) is 42.6 Å². The van der Waals surface area contributed by atoms with Gasteiger partial charge in [0.1, 0.15) is 28.9 Å². The lowest BCUT2D eigenvalue weighted by molar-refractivity contribution is -0.144. The highest BCUT2D eigenvalue weighted by Gasteiger charge is 2.48. The van der Waals surface area contributed by atoms with E-state index in [1.165, 1.54) is 11.1 Å². The first-order valence-electron chi connectivity index (χ1n) is 15.3. The number of nitrogens with zero attached hydrogens (tertiary/aromatic N) is 5. The number of ether oxygens (including phenoxy) is 2. The van der Waals surface area contributed by atoms with Crippen molar-refractivity contribution >= 4 is 33.9 Å². The Hall–Kier alpha value is -4.48. The van der Waals surface area contributed by atoms with E-state index in [4.69, 9.17) is 13.9 Å². The average Bonchev–Trinajstić information content (AvgIpc) is 3.60. The number of rotatable bonds is 6. The molecule has 4 aromatic rings. The fourth-order valence-electron chi connectivity index (χ4n) is 6.77. The van der Waals surface area contributed by atoms with Crippen molar-refractivity contribution in [3.63, 3.8) is 0 Å². The van der Waals surface area contributed by atoms with E-state index in [-0.39, 0.29) is 59.4 Å². The first kappa shape index (κ1) is 31.1. The number of halogens is 4. The molecule has 0 radical (unpaired) electrons. The molecule has 7 rings (SSSR count). The number of aromatic nitrogens is 3. The number of furan rings is 1. The molecular weight excluding hydrogens is 622 g/mol. The van der Waals surface area contributed by atoms with Gasteiger partial charge in [0.25, 0.3) is 0 Å². The molecule has 1 aromatic carbocycles. The number of carboxylic acids is 1. The Balaban J connectivity index is 1.25. The second-order valence-corrected chi connectivity index (χ2v) is 12.3. The van der Waals surface area contributed by atoms with E-state index in [0.717, 1.165) is 0 Å². The number of hydrogen-bond donors (Lipinski definition) is 1. The molecule has 0 spiro atoms. The molecule has 0 saturated carbocycles. The van der Waals surface area contributed by atoms with Gasteiger partial charge in [-0.1, -0.05) is 25.0 Å². The summed E-state index contributed by atoms with van der Waals surface area (Å²) in [6, 6.07) is 7.00. The van der Waals surface area contributed by atoms with Crippen molar-refractivity contribution in [1.82, 2.24) is 19.9 Å². The van der Waals surface area contributed by atoms with Gasteiger partial charge in [-0.15, -0.1) is 5.92 Å². The van der Waals surface area contributed by atoms with Crippen LogP contribution in [-0.4, -0.2) is 82.0 Å². The summed E-state index contributed by atoms with van der Waals surface area (Å²) in [5, 5.41) is 10.5. The van der Waals surface area contributed by atoms with Crippen LogP contribution in [0.25, 0.3) is 22.1 Å². The van der Waals surface area contributed by atoms with Gasteiger partial charge in [0.05, 0.1) is 31.4 Å². The molecule has 3 aliphatic heterocycles. The second-order valence-electron chi connectivity index (χ2n) is 12.3. The molecule has 1 N–H and O–H groups in total. The van der Waals surface area contributed by atoms with Gasteiger partial charge in [-0.25, -0.2) is 24.1 Å². The first-order chi connectivity index (χ1) is 22.5. The van der Waals surface area contributed by atoms with Crippen molar-refractivity contribution in [3.05, 3.63) is 53.5 Å². The van der Waals surface area contributed by atoms with E-state index in [1.54, 1.807) is 37.3 Å². The number of fused-ring (bicyclic) bond motifs is 3. The van der Waals surface area contributed by atoms with Crippen molar-refractivity contribution in [2.45, 2.75) is 56.7 Å². The predicted molar refractivity (Wildman–Crippen MR) is 162 cm³/mol. The average molecular weight is 654 g/mol. The molecule has 0 aliphatic carbocycles. The summed E-state index contributed by atoms with van der Waals surface area (Å²) >= 11 is 0. The van der Waals surface area contributed by atoms with E-state index in [0.29, 0.717) is 37.3 Å². The number of benzene rings is 1. The molecule has 3 saturated heterocycles. The van der Waals surface area contributed by atoms with Gasteiger partial charge in [-0.05, 0) is 31.5 Å². The molecule has 47 heavy (non-hydrogen) atoms. The Bertz CT molecular complexity index is 1920. The smallest absolute Gasteiger partial charge is 0.451 e. The summed E-state index contributed by atoms with van der Waals surface area (Å²) in [4.78, 5) is 27.9. The molecule has 0 bridgehead atoms. The number of hydrogen-bond acceptors (Lipinski definition) is 9. The molecule has 246 valence electrons. The number of carbonyl (C=O) groups is 1. The molecule has 14 heteroatoms. The second kappa shape index (κ2) is 11.6. The number of anilines is 1. The topological polar surface area (TPSA) is 114 Å². The van der Waals surface area contributed by atoms with Crippen LogP contribution in [0.15, 0.2) is 40.9 Å². The van der Waals surface area contributed by atoms with E-state index in [2.05, 4.69) is 31.7 Å². The Morgan fingerprint density at radius 3 is 2.66 bits per heavy atom. The number of para-hydroxylation sites is 1. The Morgan fingerprint density at radius 2 is 1.98 bits per heavy atom. The van der Waals surface area contributed by atoms with Gasteiger partial charge >= 0.3 is 12.1 Å². The third kappa shape index (κ3) is 5.51. The van der Waals surface area contributed by atoms with Crippen LogP contribution in [0, 0.1) is 17.8 Å². The van der Waals surface area contributed by atoms with Crippen molar-refractivity contribution < 1.29 is 41.4 Å². The van der Waals surface area contributed by atoms with Crippen LogP contribution in [0.5, 0.6) is 5.88 Å². The fraction of sp³-hybridized carbons (Fsp3) is 0.455. The zero-order chi connectivity index (χ0) is 33.1. The van der Waals surface area contributed by atoms with E-state index in [1.807, 2.05) is 6.92 Å². The molecule has 3 aliphatic rings. The SMILES string of the molecule is CC#Cc1cnc(O[C@H]2C[C@@H](C(=O)O)N(c3nc(C(F)(F)F)nc4c3oc3ccccc34)C2)c([C@@]2(F)CCN(C3COC3)C[C@@H]2C)c1. The van der Waals surface area contributed by atoms with Crippen molar-refractivity contribution in [1.29, 1.82) is 0 Å². The quantitative estimate of drug-likeness (QED) is 0.221. The maximum Gasteiger partial charge on any atom is 0.451 e. The van der Waals surface area contributed by atoms with Crippen LogP contribution in [0.1, 0.15) is 43.6 Å². The van der Waals surface area contributed by atoms with E-state index >= 15 is 4.39 Å². The lowest BCUT2D eigenvalue weighted by Crippen LogP contribution is -2.56. The summed E-state index contributed by atoms with van der Waals surface area (Å²) in [5.41, 5.74) is -1.00.